The number of aryl methyl sites for hydroxylation is 2. The Labute approximate surface area is 158 Å². The van der Waals surface area contributed by atoms with Gasteiger partial charge in [-0.3, -0.25) is 4.79 Å². The van der Waals surface area contributed by atoms with Crippen molar-refractivity contribution in [1.82, 2.24) is 9.88 Å². The SMILES string of the molecule is COc1ccc2c(c1)O[C@H](C)CN(C(=O)c1cccc3c(C)c(C)[nH]c13)C2. The minimum atomic E-state index is -0.103. The molecule has 1 N–H and O–H groups in total. The van der Waals surface area contributed by atoms with E-state index in [1.165, 1.54) is 5.56 Å². The van der Waals surface area contributed by atoms with Gasteiger partial charge in [0.2, 0.25) is 0 Å². The molecule has 0 saturated heterocycles. The normalized spacial score (nSPS) is 16.6. The zero-order valence-corrected chi connectivity index (χ0v) is 16.1. The van der Waals surface area contributed by atoms with Crippen LogP contribution in [0.5, 0.6) is 11.5 Å². The van der Waals surface area contributed by atoms with Crippen molar-refractivity contribution in [3.63, 3.8) is 0 Å². The van der Waals surface area contributed by atoms with Crippen molar-refractivity contribution in [1.29, 1.82) is 0 Å². The number of carbonyl (C=O) groups excluding carboxylic acids is 1. The van der Waals surface area contributed by atoms with E-state index in [0.717, 1.165) is 33.7 Å². The Kier molecular flexibility index (Phi) is 4.30. The average molecular weight is 364 g/mol. The van der Waals surface area contributed by atoms with E-state index in [2.05, 4.69) is 18.0 Å². The third kappa shape index (κ3) is 3.03. The number of fused-ring (bicyclic) bond motifs is 2. The number of rotatable bonds is 2. The van der Waals surface area contributed by atoms with E-state index in [-0.39, 0.29) is 12.0 Å². The summed E-state index contributed by atoms with van der Waals surface area (Å²) in [6.45, 7) is 7.14. The summed E-state index contributed by atoms with van der Waals surface area (Å²) in [5.74, 6) is 1.55. The predicted molar refractivity (Wildman–Crippen MR) is 106 cm³/mol. The van der Waals surface area contributed by atoms with Gasteiger partial charge >= 0.3 is 0 Å². The van der Waals surface area contributed by atoms with Crippen molar-refractivity contribution < 1.29 is 14.3 Å². The molecule has 5 nitrogen and oxygen atoms in total. The van der Waals surface area contributed by atoms with Crippen LogP contribution in [-0.4, -0.2) is 35.5 Å². The summed E-state index contributed by atoms with van der Waals surface area (Å²) in [5.41, 5.74) is 4.87. The van der Waals surface area contributed by atoms with Gasteiger partial charge in [-0.05, 0) is 44.5 Å². The van der Waals surface area contributed by atoms with Crippen LogP contribution >= 0.6 is 0 Å². The Morgan fingerprint density at radius 1 is 1.26 bits per heavy atom. The summed E-state index contributed by atoms with van der Waals surface area (Å²) in [4.78, 5) is 18.6. The average Bonchev–Trinajstić information content (AvgIpc) is 2.85. The molecule has 27 heavy (non-hydrogen) atoms. The summed E-state index contributed by atoms with van der Waals surface area (Å²) >= 11 is 0. The number of aromatic amines is 1. The van der Waals surface area contributed by atoms with Gasteiger partial charge in [0, 0.05) is 29.3 Å². The van der Waals surface area contributed by atoms with Gasteiger partial charge in [0.15, 0.2) is 0 Å². The maximum Gasteiger partial charge on any atom is 0.256 e. The van der Waals surface area contributed by atoms with Gasteiger partial charge in [0.1, 0.15) is 17.6 Å². The minimum Gasteiger partial charge on any atom is -0.497 e. The first-order chi connectivity index (χ1) is 13.0. The van der Waals surface area contributed by atoms with Crippen LogP contribution in [0.3, 0.4) is 0 Å². The highest BCUT2D eigenvalue weighted by atomic mass is 16.5. The number of ether oxygens (including phenoxy) is 2. The fourth-order valence-electron chi connectivity index (χ4n) is 3.72. The van der Waals surface area contributed by atoms with Crippen molar-refractivity contribution in [2.75, 3.05) is 13.7 Å². The van der Waals surface area contributed by atoms with Gasteiger partial charge in [-0.25, -0.2) is 0 Å². The van der Waals surface area contributed by atoms with Crippen molar-refractivity contribution in [3.05, 3.63) is 58.8 Å². The second-order valence-corrected chi connectivity index (χ2v) is 7.19. The van der Waals surface area contributed by atoms with Gasteiger partial charge in [-0.15, -0.1) is 0 Å². The van der Waals surface area contributed by atoms with Crippen LogP contribution in [0.15, 0.2) is 36.4 Å². The van der Waals surface area contributed by atoms with Crippen LogP contribution in [0.4, 0.5) is 0 Å². The van der Waals surface area contributed by atoms with Crippen LogP contribution in [-0.2, 0) is 6.54 Å². The topological polar surface area (TPSA) is 54.6 Å². The maximum absolute atomic E-state index is 13.4. The van der Waals surface area contributed by atoms with Crippen molar-refractivity contribution in [3.8, 4) is 11.5 Å². The summed E-state index contributed by atoms with van der Waals surface area (Å²) < 4.78 is 11.3. The molecule has 2 aromatic carbocycles. The zero-order chi connectivity index (χ0) is 19.1. The summed E-state index contributed by atoms with van der Waals surface area (Å²) in [5, 5.41) is 1.10. The van der Waals surface area contributed by atoms with Crippen LogP contribution in [0, 0.1) is 13.8 Å². The highest BCUT2D eigenvalue weighted by molar-refractivity contribution is 6.06. The predicted octanol–water partition coefficient (Wildman–Crippen LogP) is 4.22. The number of benzene rings is 2. The number of nitrogens with one attached hydrogen (secondary N) is 1. The number of nitrogens with zero attached hydrogens (tertiary/aromatic N) is 1. The number of hydrogen-bond donors (Lipinski definition) is 1. The van der Waals surface area contributed by atoms with E-state index in [0.29, 0.717) is 18.7 Å². The molecule has 0 radical (unpaired) electrons. The third-order valence-electron chi connectivity index (χ3n) is 5.30. The van der Waals surface area contributed by atoms with Crippen molar-refractivity contribution >= 4 is 16.8 Å². The molecule has 0 saturated carbocycles. The number of para-hydroxylation sites is 1. The zero-order valence-electron chi connectivity index (χ0n) is 16.1. The minimum absolute atomic E-state index is 0.0148. The van der Waals surface area contributed by atoms with Gasteiger partial charge in [-0.1, -0.05) is 12.1 Å². The molecule has 5 heteroatoms. The third-order valence-corrected chi connectivity index (χ3v) is 5.30. The molecule has 0 aliphatic carbocycles. The lowest BCUT2D eigenvalue weighted by atomic mass is 10.1. The van der Waals surface area contributed by atoms with Crippen molar-refractivity contribution in [2.45, 2.75) is 33.4 Å². The summed E-state index contributed by atoms with van der Waals surface area (Å²) in [7, 11) is 1.64. The number of carbonyl (C=O) groups is 1. The van der Waals surface area contributed by atoms with Crippen LogP contribution < -0.4 is 9.47 Å². The van der Waals surface area contributed by atoms with E-state index < -0.39 is 0 Å². The molecule has 0 fully saturated rings. The summed E-state index contributed by atoms with van der Waals surface area (Å²) in [6, 6.07) is 11.7. The Balaban J connectivity index is 1.72. The Morgan fingerprint density at radius 3 is 2.85 bits per heavy atom. The molecular weight excluding hydrogens is 340 g/mol. The van der Waals surface area contributed by atoms with Gasteiger partial charge < -0.3 is 19.4 Å². The van der Waals surface area contributed by atoms with E-state index in [4.69, 9.17) is 9.47 Å². The highest BCUT2D eigenvalue weighted by Crippen LogP contribution is 2.31. The molecule has 1 aliphatic rings. The molecule has 0 unspecified atom stereocenters. The highest BCUT2D eigenvalue weighted by Gasteiger charge is 2.26. The molecule has 4 rings (SSSR count). The lowest BCUT2D eigenvalue weighted by Crippen LogP contribution is -2.36. The molecule has 0 spiro atoms. The molecule has 3 aromatic rings. The molecule has 1 aromatic heterocycles. The first-order valence-electron chi connectivity index (χ1n) is 9.18. The van der Waals surface area contributed by atoms with Gasteiger partial charge in [0.05, 0.1) is 24.7 Å². The van der Waals surface area contributed by atoms with E-state index in [1.807, 2.05) is 49.1 Å². The maximum atomic E-state index is 13.4. The monoisotopic (exact) mass is 364 g/mol. The molecule has 1 aliphatic heterocycles. The standard InChI is InChI=1S/C22H24N2O3/c1-13-11-24(12-16-8-9-17(26-4)10-20(16)27-13)22(25)19-7-5-6-18-14(2)15(3)23-21(18)19/h5-10,13,23H,11-12H2,1-4H3/t13-/m1/s1. The van der Waals surface area contributed by atoms with Gasteiger partial charge in [0.25, 0.3) is 5.91 Å². The van der Waals surface area contributed by atoms with Gasteiger partial charge in [-0.2, -0.15) is 0 Å². The first kappa shape index (κ1) is 17.5. The van der Waals surface area contributed by atoms with E-state index in [1.54, 1.807) is 7.11 Å². The summed E-state index contributed by atoms with van der Waals surface area (Å²) in [6.07, 6.45) is -0.103. The lowest BCUT2D eigenvalue weighted by Gasteiger charge is -2.22. The second-order valence-electron chi connectivity index (χ2n) is 7.19. The molecule has 1 atom stereocenters. The Bertz CT molecular complexity index is 1020. The molecule has 0 bridgehead atoms. The Morgan fingerprint density at radius 2 is 2.07 bits per heavy atom. The number of hydrogen-bond acceptors (Lipinski definition) is 3. The van der Waals surface area contributed by atoms with E-state index in [9.17, 15) is 4.79 Å². The Hall–Kier alpha value is -2.95. The molecule has 140 valence electrons. The van der Waals surface area contributed by atoms with Crippen molar-refractivity contribution in [2.24, 2.45) is 0 Å². The fourth-order valence-corrected chi connectivity index (χ4v) is 3.72. The van der Waals surface area contributed by atoms with Crippen LogP contribution in [0.2, 0.25) is 0 Å². The number of aromatic nitrogens is 1. The fraction of sp³-hybridized carbons (Fsp3) is 0.318. The smallest absolute Gasteiger partial charge is 0.256 e. The molecular formula is C22H24N2O3. The van der Waals surface area contributed by atoms with Crippen LogP contribution in [0.1, 0.15) is 34.1 Å². The molecule has 2 heterocycles. The lowest BCUT2D eigenvalue weighted by molar-refractivity contribution is 0.0692. The largest absolute Gasteiger partial charge is 0.497 e. The van der Waals surface area contributed by atoms with E-state index >= 15 is 0 Å². The number of amides is 1. The number of H-pyrrole nitrogens is 1. The van der Waals surface area contributed by atoms with Crippen LogP contribution in [0.25, 0.3) is 10.9 Å². The quantitative estimate of drug-likeness (QED) is 0.741. The first-order valence-corrected chi connectivity index (χ1v) is 9.18. The second kappa shape index (κ2) is 6.65. The molecule has 1 amide bonds. The number of methoxy groups -OCH3 is 1.